The first-order valence-corrected chi connectivity index (χ1v) is 6.71. The van der Waals surface area contributed by atoms with Gasteiger partial charge in [0, 0.05) is 6.54 Å². The van der Waals surface area contributed by atoms with Crippen LogP contribution in [0.3, 0.4) is 0 Å². The molecular formula is C15H20N2O3. The molecule has 5 heteroatoms. The van der Waals surface area contributed by atoms with E-state index in [1.807, 2.05) is 25.1 Å². The lowest BCUT2D eigenvalue weighted by molar-refractivity contribution is -0.120. The first kappa shape index (κ1) is 14.4. The van der Waals surface area contributed by atoms with Crippen molar-refractivity contribution in [1.82, 2.24) is 10.6 Å². The second-order valence-electron chi connectivity index (χ2n) is 4.61. The Morgan fingerprint density at radius 3 is 2.90 bits per heavy atom. The molecule has 0 spiro atoms. The highest BCUT2D eigenvalue weighted by Gasteiger charge is 2.15. The number of nitrogens with one attached hydrogen (secondary N) is 2. The number of fused-ring (bicyclic) bond motifs is 1. The van der Waals surface area contributed by atoms with Crippen LogP contribution in [0.15, 0.2) is 30.9 Å². The minimum atomic E-state index is -0.0798. The van der Waals surface area contributed by atoms with E-state index in [1.165, 1.54) is 0 Å². The van der Waals surface area contributed by atoms with Crippen molar-refractivity contribution in [2.24, 2.45) is 0 Å². The third-order valence-corrected chi connectivity index (χ3v) is 3.02. The van der Waals surface area contributed by atoms with Crippen LogP contribution >= 0.6 is 0 Å². The molecule has 5 nitrogen and oxygen atoms in total. The van der Waals surface area contributed by atoms with E-state index < -0.39 is 0 Å². The average Bonchev–Trinajstić information content (AvgIpc) is 2.47. The SMILES string of the molecule is C=CCNCC(=O)N[C@@H](C)c1ccc2c(c1)OCCO2. The van der Waals surface area contributed by atoms with Gasteiger partial charge in [-0.2, -0.15) is 0 Å². The topological polar surface area (TPSA) is 59.6 Å². The fourth-order valence-electron chi connectivity index (χ4n) is 1.99. The molecule has 1 aliphatic heterocycles. The summed E-state index contributed by atoms with van der Waals surface area (Å²) in [5, 5.41) is 5.90. The molecule has 1 aromatic rings. The van der Waals surface area contributed by atoms with Gasteiger partial charge in [-0.05, 0) is 24.6 Å². The lowest BCUT2D eigenvalue weighted by Crippen LogP contribution is -2.35. The van der Waals surface area contributed by atoms with Crippen LogP contribution in [0.4, 0.5) is 0 Å². The monoisotopic (exact) mass is 276 g/mol. The quantitative estimate of drug-likeness (QED) is 0.609. The maximum Gasteiger partial charge on any atom is 0.234 e. The van der Waals surface area contributed by atoms with Crippen molar-refractivity contribution in [2.45, 2.75) is 13.0 Å². The summed E-state index contributed by atoms with van der Waals surface area (Å²) in [5.74, 6) is 1.44. The van der Waals surface area contributed by atoms with Crippen LogP contribution < -0.4 is 20.1 Å². The summed E-state index contributed by atoms with van der Waals surface area (Å²) in [6.45, 7) is 7.56. The van der Waals surface area contributed by atoms with Crippen LogP contribution in [0.25, 0.3) is 0 Å². The molecule has 1 atom stereocenters. The molecule has 20 heavy (non-hydrogen) atoms. The van der Waals surface area contributed by atoms with Gasteiger partial charge >= 0.3 is 0 Å². The summed E-state index contributed by atoms with van der Waals surface area (Å²) in [4.78, 5) is 11.7. The molecule has 0 bridgehead atoms. The van der Waals surface area contributed by atoms with E-state index in [2.05, 4.69) is 17.2 Å². The van der Waals surface area contributed by atoms with E-state index >= 15 is 0 Å². The van der Waals surface area contributed by atoms with E-state index in [-0.39, 0.29) is 18.5 Å². The second-order valence-corrected chi connectivity index (χ2v) is 4.61. The predicted octanol–water partition coefficient (Wildman–Crippen LogP) is 1.41. The van der Waals surface area contributed by atoms with E-state index in [1.54, 1.807) is 6.08 Å². The Hall–Kier alpha value is -2.01. The highest BCUT2D eigenvalue weighted by atomic mass is 16.6. The molecule has 0 aliphatic carbocycles. The molecule has 1 heterocycles. The van der Waals surface area contributed by atoms with E-state index in [0.717, 1.165) is 17.1 Å². The molecular weight excluding hydrogens is 256 g/mol. The van der Waals surface area contributed by atoms with Gasteiger partial charge in [0.15, 0.2) is 11.5 Å². The second kappa shape index (κ2) is 6.96. The first-order chi connectivity index (χ1) is 9.70. The van der Waals surface area contributed by atoms with Crippen LogP contribution in [0.1, 0.15) is 18.5 Å². The summed E-state index contributed by atoms with van der Waals surface area (Å²) < 4.78 is 11.0. The largest absolute Gasteiger partial charge is 0.486 e. The Labute approximate surface area is 119 Å². The molecule has 1 amide bonds. The molecule has 108 valence electrons. The Morgan fingerprint density at radius 1 is 1.40 bits per heavy atom. The Balaban J connectivity index is 1.93. The zero-order chi connectivity index (χ0) is 14.4. The smallest absolute Gasteiger partial charge is 0.234 e. The number of benzene rings is 1. The molecule has 0 unspecified atom stereocenters. The van der Waals surface area contributed by atoms with Gasteiger partial charge in [-0.15, -0.1) is 6.58 Å². The van der Waals surface area contributed by atoms with Gasteiger partial charge in [0.25, 0.3) is 0 Å². The molecule has 0 saturated heterocycles. The number of amides is 1. The molecule has 1 aliphatic rings. The molecule has 2 N–H and O–H groups in total. The van der Waals surface area contributed by atoms with Crippen molar-refractivity contribution < 1.29 is 14.3 Å². The number of hydrogen-bond donors (Lipinski definition) is 2. The highest BCUT2D eigenvalue weighted by molar-refractivity contribution is 5.78. The van der Waals surface area contributed by atoms with Crippen LogP contribution in [0.5, 0.6) is 11.5 Å². The Kier molecular flexibility index (Phi) is 5.01. The minimum Gasteiger partial charge on any atom is -0.486 e. The normalized spacial score (nSPS) is 14.4. The standard InChI is InChI=1S/C15H20N2O3/c1-3-6-16-10-15(18)17-11(2)12-4-5-13-14(9-12)20-8-7-19-13/h3-5,9,11,16H,1,6-8,10H2,2H3,(H,17,18)/t11-/m0/s1. The fraction of sp³-hybridized carbons (Fsp3) is 0.400. The Bertz CT molecular complexity index is 488. The summed E-state index contributed by atoms with van der Waals surface area (Å²) in [5.41, 5.74) is 0.992. The predicted molar refractivity (Wildman–Crippen MR) is 77.1 cm³/mol. The number of carbonyl (C=O) groups is 1. The van der Waals surface area contributed by atoms with Crippen LogP contribution in [-0.4, -0.2) is 32.2 Å². The highest BCUT2D eigenvalue weighted by Crippen LogP contribution is 2.32. The lowest BCUT2D eigenvalue weighted by atomic mass is 10.1. The molecule has 0 fully saturated rings. The van der Waals surface area contributed by atoms with Crippen molar-refractivity contribution >= 4 is 5.91 Å². The number of carbonyl (C=O) groups excluding carboxylic acids is 1. The fourth-order valence-corrected chi connectivity index (χ4v) is 1.99. The third kappa shape index (κ3) is 3.74. The van der Waals surface area contributed by atoms with Gasteiger partial charge in [0.05, 0.1) is 12.6 Å². The zero-order valence-corrected chi connectivity index (χ0v) is 11.6. The van der Waals surface area contributed by atoms with Crippen LogP contribution in [-0.2, 0) is 4.79 Å². The summed E-state index contributed by atoms with van der Waals surface area (Å²) >= 11 is 0. The summed E-state index contributed by atoms with van der Waals surface area (Å²) in [7, 11) is 0. The molecule has 1 aromatic carbocycles. The Morgan fingerprint density at radius 2 is 2.15 bits per heavy atom. The van der Waals surface area contributed by atoms with E-state index in [4.69, 9.17) is 9.47 Å². The van der Waals surface area contributed by atoms with E-state index in [9.17, 15) is 4.79 Å². The molecule has 0 aromatic heterocycles. The van der Waals surface area contributed by atoms with Gasteiger partial charge in [-0.1, -0.05) is 12.1 Å². The van der Waals surface area contributed by atoms with Crippen molar-refractivity contribution in [3.8, 4) is 11.5 Å². The van der Waals surface area contributed by atoms with Gasteiger partial charge < -0.3 is 20.1 Å². The van der Waals surface area contributed by atoms with E-state index in [0.29, 0.717) is 19.8 Å². The maximum atomic E-state index is 11.7. The van der Waals surface area contributed by atoms with Crippen molar-refractivity contribution in [3.05, 3.63) is 36.4 Å². The van der Waals surface area contributed by atoms with Crippen molar-refractivity contribution in [2.75, 3.05) is 26.3 Å². The van der Waals surface area contributed by atoms with Gasteiger partial charge in [-0.25, -0.2) is 0 Å². The maximum absolute atomic E-state index is 11.7. The van der Waals surface area contributed by atoms with Crippen LogP contribution in [0.2, 0.25) is 0 Å². The first-order valence-electron chi connectivity index (χ1n) is 6.71. The lowest BCUT2D eigenvalue weighted by Gasteiger charge is -2.21. The van der Waals surface area contributed by atoms with Crippen LogP contribution in [0, 0.1) is 0 Å². The zero-order valence-electron chi connectivity index (χ0n) is 11.6. The third-order valence-electron chi connectivity index (χ3n) is 3.02. The number of ether oxygens (including phenoxy) is 2. The summed E-state index contributed by atoms with van der Waals surface area (Å²) in [6, 6.07) is 5.65. The van der Waals surface area contributed by atoms with Crippen molar-refractivity contribution in [1.29, 1.82) is 0 Å². The van der Waals surface area contributed by atoms with Crippen molar-refractivity contribution in [3.63, 3.8) is 0 Å². The number of hydrogen-bond acceptors (Lipinski definition) is 4. The van der Waals surface area contributed by atoms with Gasteiger partial charge in [0.1, 0.15) is 13.2 Å². The molecule has 0 saturated carbocycles. The van der Waals surface area contributed by atoms with Gasteiger partial charge in [-0.3, -0.25) is 4.79 Å². The molecule has 2 rings (SSSR count). The molecule has 0 radical (unpaired) electrons. The minimum absolute atomic E-state index is 0.0470. The summed E-state index contributed by atoms with van der Waals surface area (Å²) in [6.07, 6.45) is 1.72. The number of rotatable bonds is 6. The average molecular weight is 276 g/mol. The van der Waals surface area contributed by atoms with Gasteiger partial charge in [0.2, 0.25) is 5.91 Å².